The molecule has 0 radical (unpaired) electrons. The van der Waals surface area contributed by atoms with E-state index in [9.17, 15) is 15.0 Å². The highest BCUT2D eigenvalue weighted by molar-refractivity contribution is 5.76. The molecule has 400 valence electrons. The van der Waals surface area contributed by atoms with Gasteiger partial charge in [-0.25, -0.2) is 0 Å². The van der Waals surface area contributed by atoms with Crippen LogP contribution in [0.15, 0.2) is 122 Å². The number of amides is 1. The summed E-state index contributed by atoms with van der Waals surface area (Å²) in [6.07, 6.45) is 92.2. The van der Waals surface area contributed by atoms with Crippen molar-refractivity contribution in [1.82, 2.24) is 5.32 Å². The number of carbonyl (C=O) groups excluding carboxylic acids is 1. The number of nitrogens with one attached hydrogen (secondary N) is 1. The third kappa shape index (κ3) is 55.7. The number of rotatable bonds is 53. The van der Waals surface area contributed by atoms with E-state index in [0.29, 0.717) is 6.42 Å². The molecule has 4 heteroatoms. The molecular formula is C66H113NO3. The van der Waals surface area contributed by atoms with Crippen LogP contribution >= 0.6 is 0 Å². The molecule has 0 aromatic carbocycles. The fourth-order valence-electron chi connectivity index (χ4n) is 8.43. The second-order valence-corrected chi connectivity index (χ2v) is 19.7. The van der Waals surface area contributed by atoms with Gasteiger partial charge >= 0.3 is 0 Å². The summed E-state index contributed by atoms with van der Waals surface area (Å²) in [4.78, 5) is 12.5. The largest absolute Gasteiger partial charge is 0.394 e. The fraction of sp³-hybridized carbons (Fsp3) is 0.682. The second-order valence-electron chi connectivity index (χ2n) is 19.7. The Morgan fingerprint density at radius 1 is 0.357 bits per heavy atom. The lowest BCUT2D eigenvalue weighted by atomic mass is 10.0. The predicted octanol–water partition coefficient (Wildman–Crippen LogP) is 20.0. The lowest BCUT2D eigenvalue weighted by Gasteiger charge is -2.19. The molecule has 1 amide bonds. The zero-order valence-electron chi connectivity index (χ0n) is 46.0. The number of carbonyl (C=O) groups is 1. The first-order chi connectivity index (χ1) is 34.7. The van der Waals surface area contributed by atoms with E-state index < -0.39 is 12.1 Å². The number of unbranched alkanes of at least 4 members (excludes halogenated alkanes) is 28. The minimum atomic E-state index is -0.881. The fourth-order valence-corrected chi connectivity index (χ4v) is 8.43. The van der Waals surface area contributed by atoms with Crippen LogP contribution < -0.4 is 5.32 Å². The zero-order valence-corrected chi connectivity index (χ0v) is 46.0. The SMILES string of the molecule is CC/C=C\C/C=C\C/C=C\C/C=C\C/C=C\C/C=C\C/C=C\CCCCCCCCCCCCCC(=O)NC(CO)C(O)/C=C/CC/C=C/CC/C=C/CCCCCCCCCCCCCCCCC. The summed E-state index contributed by atoms with van der Waals surface area (Å²) in [5, 5.41) is 23.2. The van der Waals surface area contributed by atoms with E-state index in [2.05, 4.69) is 129 Å². The van der Waals surface area contributed by atoms with Crippen molar-refractivity contribution in [3.63, 3.8) is 0 Å². The number of hydrogen-bond donors (Lipinski definition) is 3. The van der Waals surface area contributed by atoms with Crippen molar-refractivity contribution < 1.29 is 15.0 Å². The molecule has 0 saturated carbocycles. The molecule has 0 saturated heterocycles. The van der Waals surface area contributed by atoms with Crippen LogP contribution in [0.1, 0.15) is 271 Å². The van der Waals surface area contributed by atoms with Crippen LogP contribution in [0.25, 0.3) is 0 Å². The Labute approximate surface area is 435 Å². The van der Waals surface area contributed by atoms with Crippen LogP contribution in [-0.2, 0) is 4.79 Å². The minimum Gasteiger partial charge on any atom is -0.394 e. The van der Waals surface area contributed by atoms with Crippen molar-refractivity contribution in [2.24, 2.45) is 0 Å². The average Bonchev–Trinajstić information content (AvgIpc) is 3.36. The van der Waals surface area contributed by atoms with Gasteiger partial charge in [0.1, 0.15) is 0 Å². The summed E-state index contributed by atoms with van der Waals surface area (Å²) >= 11 is 0. The maximum atomic E-state index is 12.5. The normalized spacial score (nSPS) is 13.7. The van der Waals surface area contributed by atoms with E-state index in [1.807, 2.05) is 6.08 Å². The standard InChI is InChI=1S/C66H113NO3/c1-3-5-7-9-11-13-15-17-19-21-23-25-27-29-30-31-32-33-34-35-36-38-40-42-44-46-48-50-52-54-56-58-60-62-66(70)67-64(63-68)65(69)61-59-57-55-53-51-49-47-45-43-41-39-37-28-26-24-22-20-18-16-14-12-10-8-6-4-2/h5,7,11,13,17,19,23,25,29-30,32-33,35-36,43,45,51,53,59,61,64-65,68-69H,3-4,6,8-10,12,14-16,18,20-22,24,26-28,31,34,37-42,44,46-50,52,54-58,60,62-63H2,1-2H3,(H,67,70)/b7-5-,13-11-,19-17-,25-23-,30-29-,33-32-,36-35-,45-43+,53-51+,61-59+. The van der Waals surface area contributed by atoms with Gasteiger partial charge in [-0.3, -0.25) is 4.79 Å². The Kier molecular flexibility index (Phi) is 57.3. The quantitative estimate of drug-likeness (QED) is 0.0420. The minimum absolute atomic E-state index is 0.0846. The summed E-state index contributed by atoms with van der Waals surface area (Å²) in [6.45, 7) is 4.19. The first-order valence-electron chi connectivity index (χ1n) is 29.7. The van der Waals surface area contributed by atoms with Gasteiger partial charge in [0.2, 0.25) is 5.91 Å². The van der Waals surface area contributed by atoms with Crippen LogP contribution in [0, 0.1) is 0 Å². The van der Waals surface area contributed by atoms with Crippen molar-refractivity contribution in [1.29, 1.82) is 0 Å². The van der Waals surface area contributed by atoms with Crippen molar-refractivity contribution in [3.8, 4) is 0 Å². The third-order valence-corrected chi connectivity index (χ3v) is 12.9. The molecule has 0 aliphatic carbocycles. The Morgan fingerprint density at radius 2 is 0.643 bits per heavy atom. The lowest BCUT2D eigenvalue weighted by Crippen LogP contribution is -2.45. The Bertz CT molecular complexity index is 1380. The van der Waals surface area contributed by atoms with Crippen molar-refractivity contribution in [2.45, 2.75) is 283 Å². The molecule has 70 heavy (non-hydrogen) atoms. The van der Waals surface area contributed by atoms with Crippen molar-refractivity contribution in [2.75, 3.05) is 6.61 Å². The van der Waals surface area contributed by atoms with Crippen LogP contribution in [0.2, 0.25) is 0 Å². The van der Waals surface area contributed by atoms with Gasteiger partial charge in [-0.1, -0.05) is 283 Å². The maximum Gasteiger partial charge on any atom is 0.220 e. The molecule has 4 nitrogen and oxygen atoms in total. The van der Waals surface area contributed by atoms with Gasteiger partial charge in [0, 0.05) is 6.42 Å². The van der Waals surface area contributed by atoms with Gasteiger partial charge in [0.05, 0.1) is 18.8 Å². The highest BCUT2D eigenvalue weighted by Crippen LogP contribution is 2.15. The van der Waals surface area contributed by atoms with E-state index in [4.69, 9.17) is 0 Å². The molecule has 3 N–H and O–H groups in total. The van der Waals surface area contributed by atoms with E-state index >= 15 is 0 Å². The summed E-state index contributed by atoms with van der Waals surface area (Å²) in [6, 6.07) is -0.657. The second kappa shape index (κ2) is 60.1. The number of allylic oxidation sites excluding steroid dienone is 19. The average molecular weight is 969 g/mol. The molecular weight excluding hydrogens is 855 g/mol. The molecule has 2 atom stereocenters. The van der Waals surface area contributed by atoms with Crippen LogP contribution in [0.5, 0.6) is 0 Å². The first kappa shape index (κ1) is 66.8. The molecule has 0 rings (SSSR count). The van der Waals surface area contributed by atoms with E-state index in [-0.39, 0.29) is 12.5 Å². The van der Waals surface area contributed by atoms with Gasteiger partial charge in [-0.15, -0.1) is 0 Å². The Morgan fingerprint density at radius 3 is 1.00 bits per heavy atom. The van der Waals surface area contributed by atoms with E-state index in [0.717, 1.165) is 89.9 Å². The summed E-state index contributed by atoms with van der Waals surface area (Å²) in [5.41, 5.74) is 0. The van der Waals surface area contributed by atoms with Crippen LogP contribution in [0.3, 0.4) is 0 Å². The Hall–Kier alpha value is -3.21. The smallest absolute Gasteiger partial charge is 0.220 e. The van der Waals surface area contributed by atoms with Gasteiger partial charge < -0.3 is 15.5 Å². The molecule has 0 aromatic heterocycles. The monoisotopic (exact) mass is 968 g/mol. The van der Waals surface area contributed by atoms with Gasteiger partial charge in [-0.05, 0) is 103 Å². The topological polar surface area (TPSA) is 69.6 Å². The molecule has 0 aliphatic heterocycles. The molecule has 0 bridgehead atoms. The van der Waals surface area contributed by atoms with Crippen molar-refractivity contribution >= 4 is 5.91 Å². The predicted molar refractivity (Wildman–Crippen MR) is 312 cm³/mol. The lowest BCUT2D eigenvalue weighted by molar-refractivity contribution is -0.123. The van der Waals surface area contributed by atoms with Gasteiger partial charge in [0.15, 0.2) is 0 Å². The van der Waals surface area contributed by atoms with Gasteiger partial charge in [0.25, 0.3) is 0 Å². The van der Waals surface area contributed by atoms with E-state index in [1.165, 1.54) is 161 Å². The molecule has 0 aromatic rings. The summed E-state index contributed by atoms with van der Waals surface area (Å²) < 4.78 is 0. The molecule has 2 unspecified atom stereocenters. The number of aliphatic hydroxyl groups excluding tert-OH is 2. The summed E-state index contributed by atoms with van der Waals surface area (Å²) in [5.74, 6) is -0.0846. The highest BCUT2D eigenvalue weighted by Gasteiger charge is 2.18. The van der Waals surface area contributed by atoms with E-state index in [1.54, 1.807) is 6.08 Å². The van der Waals surface area contributed by atoms with Crippen LogP contribution in [0.4, 0.5) is 0 Å². The molecule has 0 fully saturated rings. The highest BCUT2D eigenvalue weighted by atomic mass is 16.3. The summed E-state index contributed by atoms with van der Waals surface area (Å²) in [7, 11) is 0. The zero-order chi connectivity index (χ0) is 50.6. The van der Waals surface area contributed by atoms with Gasteiger partial charge in [-0.2, -0.15) is 0 Å². The molecule has 0 heterocycles. The first-order valence-corrected chi connectivity index (χ1v) is 29.7. The maximum absolute atomic E-state index is 12.5. The number of hydrogen-bond acceptors (Lipinski definition) is 3. The molecule has 0 spiro atoms. The number of aliphatic hydroxyl groups is 2. The Balaban J connectivity index is 3.62. The third-order valence-electron chi connectivity index (χ3n) is 12.9. The van der Waals surface area contributed by atoms with Crippen LogP contribution in [-0.4, -0.2) is 34.9 Å². The molecule has 0 aliphatic rings. The van der Waals surface area contributed by atoms with Crippen molar-refractivity contribution in [3.05, 3.63) is 122 Å².